The van der Waals surface area contributed by atoms with E-state index >= 15 is 0 Å². The zero-order chi connectivity index (χ0) is 15.5. The zero-order valence-corrected chi connectivity index (χ0v) is 14.2. The molecule has 1 aromatic rings. The van der Waals surface area contributed by atoms with Crippen molar-refractivity contribution in [3.63, 3.8) is 0 Å². The summed E-state index contributed by atoms with van der Waals surface area (Å²) in [6.07, 6.45) is 6.88. The number of nitrogens with one attached hydrogen (secondary N) is 2. The Morgan fingerprint density at radius 2 is 2.00 bits per heavy atom. The summed E-state index contributed by atoms with van der Waals surface area (Å²) >= 11 is 1.89. The van der Waals surface area contributed by atoms with Crippen LogP contribution in [0.1, 0.15) is 48.7 Å². The molecule has 0 aliphatic carbocycles. The Labute approximate surface area is 132 Å². The summed E-state index contributed by atoms with van der Waals surface area (Å²) in [5.41, 5.74) is 1.54. The van der Waals surface area contributed by atoms with Crippen molar-refractivity contribution >= 4 is 23.5 Å². The van der Waals surface area contributed by atoms with Crippen LogP contribution in [0.15, 0.2) is 12.1 Å². The summed E-state index contributed by atoms with van der Waals surface area (Å²) in [5.74, 6) is 1.99. The predicted octanol–water partition coefficient (Wildman–Crippen LogP) is 3.48. The molecule has 21 heavy (non-hydrogen) atoms. The number of aryl methyl sites for hydroxylation is 1. The molecule has 0 aliphatic heterocycles. The monoisotopic (exact) mass is 309 g/mol. The minimum Gasteiger partial charge on any atom is -0.370 e. The van der Waals surface area contributed by atoms with Crippen LogP contribution < -0.4 is 10.6 Å². The molecule has 0 saturated carbocycles. The molecule has 118 valence electrons. The number of anilines is 1. The summed E-state index contributed by atoms with van der Waals surface area (Å²) in [7, 11) is 0. The van der Waals surface area contributed by atoms with Crippen molar-refractivity contribution in [2.75, 3.05) is 30.4 Å². The van der Waals surface area contributed by atoms with Gasteiger partial charge in [-0.15, -0.1) is 0 Å². The lowest BCUT2D eigenvalue weighted by Crippen LogP contribution is -2.24. The first-order valence-corrected chi connectivity index (χ1v) is 9.06. The molecule has 2 N–H and O–H groups in total. The fourth-order valence-electron chi connectivity index (χ4n) is 2.10. The number of carbonyl (C=O) groups is 1. The van der Waals surface area contributed by atoms with Crippen molar-refractivity contribution in [2.45, 2.75) is 39.5 Å². The molecule has 0 aromatic carbocycles. The lowest BCUT2D eigenvalue weighted by atomic mass is 10.2. The normalized spacial score (nSPS) is 10.4. The zero-order valence-electron chi connectivity index (χ0n) is 13.4. The second-order valence-electron chi connectivity index (χ2n) is 5.08. The summed E-state index contributed by atoms with van der Waals surface area (Å²) in [6, 6.07) is 3.64. The van der Waals surface area contributed by atoms with Crippen molar-refractivity contribution in [3.8, 4) is 0 Å². The van der Waals surface area contributed by atoms with Crippen LogP contribution in [0.3, 0.4) is 0 Å². The number of nitrogens with zero attached hydrogens (tertiary/aromatic N) is 1. The molecule has 0 bridgehead atoms. The average Bonchev–Trinajstić information content (AvgIpc) is 2.46. The van der Waals surface area contributed by atoms with Crippen molar-refractivity contribution in [1.29, 1.82) is 0 Å². The maximum absolute atomic E-state index is 12.1. The highest BCUT2D eigenvalue weighted by molar-refractivity contribution is 7.98. The first kappa shape index (κ1) is 17.8. The minimum atomic E-state index is -0.0104. The predicted molar refractivity (Wildman–Crippen MR) is 92.3 cm³/mol. The van der Waals surface area contributed by atoms with Gasteiger partial charge in [-0.25, -0.2) is 4.98 Å². The van der Waals surface area contributed by atoms with Gasteiger partial charge in [0.25, 0.3) is 5.91 Å². The van der Waals surface area contributed by atoms with E-state index < -0.39 is 0 Å². The van der Waals surface area contributed by atoms with Crippen LogP contribution in [0.4, 0.5) is 5.82 Å². The number of hydrogen-bond acceptors (Lipinski definition) is 4. The van der Waals surface area contributed by atoms with Gasteiger partial charge in [0.05, 0.1) is 0 Å². The summed E-state index contributed by atoms with van der Waals surface area (Å²) in [6.45, 7) is 5.47. The van der Waals surface area contributed by atoms with E-state index in [9.17, 15) is 4.79 Å². The molecule has 0 atom stereocenters. The molecule has 0 unspecified atom stereocenters. The molecular formula is C16H27N3OS. The Balaban J connectivity index is 2.34. The topological polar surface area (TPSA) is 54.0 Å². The highest BCUT2D eigenvalue weighted by Crippen LogP contribution is 2.10. The third-order valence-corrected chi connectivity index (χ3v) is 3.83. The fourth-order valence-corrected chi connectivity index (χ4v) is 2.59. The van der Waals surface area contributed by atoms with Crippen molar-refractivity contribution in [1.82, 2.24) is 10.3 Å². The summed E-state index contributed by atoms with van der Waals surface area (Å²) in [4.78, 5) is 16.5. The molecule has 1 rings (SSSR count). The summed E-state index contributed by atoms with van der Waals surface area (Å²) < 4.78 is 0. The van der Waals surface area contributed by atoms with Crippen LogP contribution in [-0.2, 0) is 0 Å². The summed E-state index contributed by atoms with van der Waals surface area (Å²) in [5, 5.41) is 6.13. The van der Waals surface area contributed by atoms with Crippen LogP contribution in [0, 0.1) is 6.92 Å². The van der Waals surface area contributed by atoms with E-state index in [0.29, 0.717) is 5.56 Å². The molecule has 1 heterocycles. The number of unbranched alkanes of at least 4 members (excludes halogenated alkanes) is 3. The second kappa shape index (κ2) is 10.5. The molecule has 0 fully saturated rings. The van der Waals surface area contributed by atoms with Gasteiger partial charge in [0.1, 0.15) is 5.82 Å². The molecule has 0 spiro atoms. The molecule has 0 radical (unpaired) electrons. The van der Waals surface area contributed by atoms with E-state index in [1.807, 2.05) is 37.7 Å². The number of pyridine rings is 1. The number of rotatable bonds is 10. The molecule has 5 heteroatoms. The highest BCUT2D eigenvalue weighted by atomic mass is 32.2. The van der Waals surface area contributed by atoms with E-state index in [2.05, 4.69) is 21.9 Å². The molecule has 0 saturated heterocycles. The Morgan fingerprint density at radius 1 is 1.24 bits per heavy atom. The van der Waals surface area contributed by atoms with Gasteiger partial charge in [-0.3, -0.25) is 4.79 Å². The van der Waals surface area contributed by atoms with Crippen molar-refractivity contribution in [3.05, 3.63) is 23.4 Å². The SMILES string of the molecule is CCNc1cc(C(=O)NCCCCCCSC)cc(C)n1. The van der Waals surface area contributed by atoms with Crippen LogP contribution in [0.2, 0.25) is 0 Å². The van der Waals surface area contributed by atoms with Crippen LogP contribution in [0.5, 0.6) is 0 Å². The Hall–Kier alpha value is -1.23. The maximum Gasteiger partial charge on any atom is 0.251 e. The maximum atomic E-state index is 12.1. The van der Waals surface area contributed by atoms with E-state index in [1.54, 1.807) is 0 Å². The first-order chi connectivity index (χ1) is 10.2. The van der Waals surface area contributed by atoms with E-state index in [1.165, 1.54) is 25.0 Å². The standard InChI is InChI=1S/C16H27N3OS/c1-4-17-15-12-14(11-13(2)19-15)16(20)18-9-7-5-6-8-10-21-3/h11-12H,4-10H2,1-3H3,(H,17,19)(H,18,20). The molecule has 1 amide bonds. The number of hydrogen-bond donors (Lipinski definition) is 2. The number of thioether (sulfide) groups is 1. The quantitative estimate of drug-likeness (QED) is 0.650. The number of carbonyl (C=O) groups excluding carboxylic acids is 1. The van der Waals surface area contributed by atoms with Crippen LogP contribution in [0.25, 0.3) is 0 Å². The smallest absolute Gasteiger partial charge is 0.251 e. The van der Waals surface area contributed by atoms with Gasteiger partial charge in [-0.1, -0.05) is 12.8 Å². The lowest BCUT2D eigenvalue weighted by Gasteiger charge is -2.09. The Bertz CT molecular complexity index is 438. The number of amides is 1. The lowest BCUT2D eigenvalue weighted by molar-refractivity contribution is 0.0953. The second-order valence-corrected chi connectivity index (χ2v) is 6.06. The van der Waals surface area contributed by atoms with Gasteiger partial charge >= 0.3 is 0 Å². The molecular weight excluding hydrogens is 282 g/mol. The van der Waals surface area contributed by atoms with Crippen LogP contribution in [-0.4, -0.2) is 36.0 Å². The third kappa shape index (κ3) is 7.37. The van der Waals surface area contributed by atoms with Crippen LogP contribution >= 0.6 is 11.8 Å². The average molecular weight is 309 g/mol. The Kier molecular flexibility index (Phi) is 8.90. The van der Waals surface area contributed by atoms with Crippen molar-refractivity contribution < 1.29 is 4.79 Å². The van der Waals surface area contributed by atoms with Crippen molar-refractivity contribution in [2.24, 2.45) is 0 Å². The van der Waals surface area contributed by atoms with E-state index in [0.717, 1.165) is 31.0 Å². The van der Waals surface area contributed by atoms with E-state index in [-0.39, 0.29) is 5.91 Å². The van der Waals surface area contributed by atoms with Gasteiger partial charge in [0, 0.05) is 24.3 Å². The largest absolute Gasteiger partial charge is 0.370 e. The number of aromatic nitrogens is 1. The van der Waals surface area contributed by atoms with Gasteiger partial charge in [-0.2, -0.15) is 11.8 Å². The molecule has 0 aliphatic rings. The van der Waals surface area contributed by atoms with Gasteiger partial charge in [-0.05, 0) is 50.8 Å². The van der Waals surface area contributed by atoms with E-state index in [4.69, 9.17) is 0 Å². The Morgan fingerprint density at radius 3 is 2.71 bits per heavy atom. The van der Waals surface area contributed by atoms with Gasteiger partial charge < -0.3 is 10.6 Å². The molecule has 4 nitrogen and oxygen atoms in total. The first-order valence-electron chi connectivity index (χ1n) is 7.67. The minimum absolute atomic E-state index is 0.0104. The van der Waals surface area contributed by atoms with Gasteiger partial charge in [0.2, 0.25) is 0 Å². The molecule has 1 aromatic heterocycles. The third-order valence-electron chi connectivity index (χ3n) is 3.13. The van der Waals surface area contributed by atoms with Gasteiger partial charge in [0.15, 0.2) is 0 Å². The fraction of sp³-hybridized carbons (Fsp3) is 0.625. The highest BCUT2D eigenvalue weighted by Gasteiger charge is 2.07.